The molecule has 0 atom stereocenters. The van der Waals surface area contributed by atoms with Crippen LogP contribution in [0.3, 0.4) is 0 Å². The molecule has 17 heavy (non-hydrogen) atoms. The SMILES string of the molecule is Cn1ccnc1CNC(=O)Cn1cnc(N)n1. The third-order valence-corrected chi connectivity index (χ3v) is 2.22. The Morgan fingerprint density at radius 2 is 2.35 bits per heavy atom. The third kappa shape index (κ3) is 2.80. The Balaban J connectivity index is 1.84. The molecule has 0 aliphatic rings. The van der Waals surface area contributed by atoms with Crippen LogP contribution in [-0.2, 0) is 24.9 Å². The number of anilines is 1. The number of aryl methyl sites for hydroxylation is 1. The second kappa shape index (κ2) is 4.64. The van der Waals surface area contributed by atoms with E-state index in [2.05, 4.69) is 20.4 Å². The van der Waals surface area contributed by atoms with Crippen molar-refractivity contribution in [1.82, 2.24) is 29.6 Å². The Kier molecular flexibility index (Phi) is 3.03. The lowest BCUT2D eigenvalue weighted by atomic mass is 10.5. The van der Waals surface area contributed by atoms with E-state index in [1.165, 1.54) is 11.0 Å². The van der Waals surface area contributed by atoms with Crippen molar-refractivity contribution in [1.29, 1.82) is 0 Å². The molecule has 1 amide bonds. The van der Waals surface area contributed by atoms with Crippen molar-refractivity contribution in [3.8, 4) is 0 Å². The minimum absolute atomic E-state index is 0.0919. The highest BCUT2D eigenvalue weighted by Crippen LogP contribution is 1.93. The van der Waals surface area contributed by atoms with Crippen molar-refractivity contribution in [2.45, 2.75) is 13.1 Å². The van der Waals surface area contributed by atoms with E-state index in [4.69, 9.17) is 5.73 Å². The van der Waals surface area contributed by atoms with Gasteiger partial charge in [0.25, 0.3) is 0 Å². The number of nitrogens with two attached hydrogens (primary N) is 1. The van der Waals surface area contributed by atoms with Crippen molar-refractivity contribution in [3.05, 3.63) is 24.5 Å². The van der Waals surface area contributed by atoms with Crippen LogP contribution in [0.5, 0.6) is 0 Å². The van der Waals surface area contributed by atoms with E-state index < -0.39 is 0 Å². The molecule has 0 aliphatic heterocycles. The predicted octanol–water partition coefficient (Wildman–Crippen LogP) is -1.09. The van der Waals surface area contributed by atoms with Crippen LogP contribution in [0.15, 0.2) is 18.7 Å². The Hall–Kier alpha value is -2.38. The first-order valence-electron chi connectivity index (χ1n) is 5.03. The Morgan fingerprint density at radius 1 is 1.53 bits per heavy atom. The van der Waals surface area contributed by atoms with E-state index in [-0.39, 0.29) is 18.4 Å². The first-order chi connectivity index (χ1) is 8.15. The van der Waals surface area contributed by atoms with Gasteiger partial charge in [-0.25, -0.2) is 14.6 Å². The number of carbonyl (C=O) groups excluding carboxylic acids is 1. The van der Waals surface area contributed by atoms with Gasteiger partial charge in [-0.15, -0.1) is 5.10 Å². The topological polar surface area (TPSA) is 104 Å². The standard InChI is InChI=1S/C9H13N7O/c1-15-3-2-11-7(15)4-12-8(17)5-16-6-13-9(10)14-16/h2-3,6H,4-5H2,1H3,(H2,10,14)(H,12,17). The monoisotopic (exact) mass is 235 g/mol. The van der Waals surface area contributed by atoms with E-state index in [0.29, 0.717) is 6.54 Å². The number of nitrogens with zero attached hydrogens (tertiary/aromatic N) is 5. The smallest absolute Gasteiger partial charge is 0.242 e. The zero-order valence-electron chi connectivity index (χ0n) is 9.37. The molecule has 0 radical (unpaired) electrons. The number of carbonyl (C=O) groups is 1. The summed E-state index contributed by atoms with van der Waals surface area (Å²) in [5.74, 6) is 0.774. The minimum atomic E-state index is -0.169. The van der Waals surface area contributed by atoms with E-state index in [0.717, 1.165) is 5.82 Å². The molecule has 3 N–H and O–H groups in total. The van der Waals surface area contributed by atoms with Gasteiger partial charge >= 0.3 is 0 Å². The normalized spacial score (nSPS) is 10.4. The first-order valence-corrected chi connectivity index (χ1v) is 5.03. The fraction of sp³-hybridized carbons (Fsp3) is 0.333. The van der Waals surface area contributed by atoms with Crippen LogP contribution >= 0.6 is 0 Å². The van der Waals surface area contributed by atoms with Crippen LogP contribution in [0.2, 0.25) is 0 Å². The molecule has 8 heteroatoms. The number of hydrogen-bond donors (Lipinski definition) is 2. The van der Waals surface area contributed by atoms with Gasteiger partial charge in [-0.3, -0.25) is 4.79 Å². The molecule has 0 fully saturated rings. The summed E-state index contributed by atoms with van der Waals surface area (Å²) in [5.41, 5.74) is 5.34. The van der Waals surface area contributed by atoms with E-state index in [9.17, 15) is 4.79 Å². The maximum atomic E-state index is 11.6. The highest BCUT2D eigenvalue weighted by atomic mass is 16.2. The maximum absolute atomic E-state index is 11.6. The molecule has 0 aliphatic carbocycles. The Labute approximate surface area is 97.5 Å². The lowest BCUT2D eigenvalue weighted by Crippen LogP contribution is -2.28. The zero-order chi connectivity index (χ0) is 12.3. The van der Waals surface area contributed by atoms with Crippen molar-refractivity contribution in [2.24, 2.45) is 7.05 Å². The lowest BCUT2D eigenvalue weighted by molar-refractivity contribution is -0.122. The Bertz CT molecular complexity index is 515. The van der Waals surface area contributed by atoms with Crippen molar-refractivity contribution in [2.75, 3.05) is 5.73 Å². The summed E-state index contributed by atoms with van der Waals surface area (Å²) in [6, 6.07) is 0. The van der Waals surface area contributed by atoms with Crippen molar-refractivity contribution in [3.63, 3.8) is 0 Å². The zero-order valence-corrected chi connectivity index (χ0v) is 9.37. The summed E-state index contributed by atoms with van der Waals surface area (Å²) in [5, 5.41) is 6.55. The molecule has 0 aromatic carbocycles. The van der Waals surface area contributed by atoms with Crippen LogP contribution in [0.1, 0.15) is 5.82 Å². The molecular weight excluding hydrogens is 222 g/mol. The van der Waals surface area contributed by atoms with Crippen LogP contribution in [0.4, 0.5) is 5.95 Å². The highest BCUT2D eigenvalue weighted by Gasteiger charge is 2.06. The molecule has 0 bridgehead atoms. The molecule has 8 nitrogen and oxygen atoms in total. The summed E-state index contributed by atoms with van der Waals surface area (Å²) in [6.07, 6.45) is 4.91. The number of hydrogen-bond acceptors (Lipinski definition) is 5. The van der Waals surface area contributed by atoms with Gasteiger partial charge in [0.1, 0.15) is 18.7 Å². The molecule has 0 saturated carbocycles. The van der Waals surface area contributed by atoms with Crippen molar-refractivity contribution >= 4 is 11.9 Å². The number of nitrogen functional groups attached to an aromatic ring is 1. The fourth-order valence-electron chi connectivity index (χ4n) is 1.33. The van der Waals surface area contributed by atoms with E-state index in [1.807, 2.05) is 17.8 Å². The molecule has 0 unspecified atom stereocenters. The predicted molar refractivity (Wildman–Crippen MR) is 59.5 cm³/mol. The van der Waals surface area contributed by atoms with Gasteiger partial charge in [-0.2, -0.15) is 0 Å². The maximum Gasteiger partial charge on any atom is 0.242 e. The molecular formula is C9H13N7O. The van der Waals surface area contributed by atoms with Gasteiger partial charge < -0.3 is 15.6 Å². The fourth-order valence-corrected chi connectivity index (χ4v) is 1.33. The molecule has 0 saturated heterocycles. The van der Waals surface area contributed by atoms with Gasteiger partial charge in [0, 0.05) is 19.4 Å². The quantitative estimate of drug-likeness (QED) is 0.700. The summed E-state index contributed by atoms with van der Waals surface area (Å²) in [4.78, 5) is 19.4. The number of nitrogens with one attached hydrogen (secondary N) is 1. The summed E-state index contributed by atoms with van der Waals surface area (Å²) in [7, 11) is 1.87. The third-order valence-electron chi connectivity index (χ3n) is 2.22. The summed E-state index contributed by atoms with van der Waals surface area (Å²) in [6.45, 7) is 0.473. The number of aromatic nitrogens is 5. The molecule has 0 spiro atoms. The second-order valence-corrected chi connectivity index (χ2v) is 3.53. The van der Waals surface area contributed by atoms with Crippen molar-refractivity contribution < 1.29 is 4.79 Å². The Morgan fingerprint density at radius 3 is 2.94 bits per heavy atom. The van der Waals surface area contributed by atoms with Gasteiger partial charge in [0.15, 0.2) is 0 Å². The molecule has 2 aromatic heterocycles. The van der Waals surface area contributed by atoms with Gasteiger partial charge in [0.2, 0.25) is 11.9 Å². The first kappa shape index (κ1) is 11.1. The summed E-state index contributed by atoms with van der Waals surface area (Å²) >= 11 is 0. The second-order valence-electron chi connectivity index (χ2n) is 3.53. The molecule has 2 rings (SSSR count). The van der Waals surface area contributed by atoms with Gasteiger partial charge in [-0.1, -0.05) is 0 Å². The largest absolute Gasteiger partial charge is 0.367 e. The van der Waals surface area contributed by atoms with E-state index >= 15 is 0 Å². The average Bonchev–Trinajstić information content (AvgIpc) is 2.85. The van der Waals surface area contributed by atoms with E-state index in [1.54, 1.807) is 6.20 Å². The van der Waals surface area contributed by atoms with Gasteiger partial charge in [0.05, 0.1) is 6.54 Å². The molecule has 2 aromatic rings. The molecule has 2 heterocycles. The number of imidazole rings is 1. The van der Waals surface area contributed by atoms with Crippen LogP contribution in [0, 0.1) is 0 Å². The van der Waals surface area contributed by atoms with Crippen LogP contribution in [0.25, 0.3) is 0 Å². The average molecular weight is 235 g/mol. The molecule has 90 valence electrons. The van der Waals surface area contributed by atoms with Crippen LogP contribution < -0.4 is 11.1 Å². The highest BCUT2D eigenvalue weighted by molar-refractivity contribution is 5.75. The minimum Gasteiger partial charge on any atom is -0.367 e. The number of rotatable bonds is 4. The van der Waals surface area contributed by atoms with Crippen LogP contribution in [-0.4, -0.2) is 30.2 Å². The van der Waals surface area contributed by atoms with Gasteiger partial charge in [-0.05, 0) is 0 Å². The summed E-state index contributed by atoms with van der Waals surface area (Å²) < 4.78 is 3.22. The lowest BCUT2D eigenvalue weighted by Gasteiger charge is -2.04. The number of amides is 1.